The Bertz CT molecular complexity index is 182. The highest BCUT2D eigenvalue weighted by Gasteiger charge is 1.96. The molecule has 0 fully saturated rings. The summed E-state index contributed by atoms with van der Waals surface area (Å²) in [6, 6.07) is 0. The summed E-state index contributed by atoms with van der Waals surface area (Å²) in [6.07, 6.45) is 3.22. The van der Waals surface area contributed by atoms with E-state index in [0.29, 0.717) is 0 Å². The van der Waals surface area contributed by atoms with Gasteiger partial charge in [0.25, 0.3) is 0 Å². The van der Waals surface area contributed by atoms with Gasteiger partial charge in [0.2, 0.25) is 0 Å². The molecule has 4 nitrogen and oxygen atoms in total. The van der Waals surface area contributed by atoms with Crippen molar-refractivity contribution < 1.29 is 12.6 Å². The minimum absolute atomic E-state index is 0.00926. The maximum Gasteiger partial charge on any atom is 0.333 e. The highest BCUT2D eigenvalue weighted by atomic mass is 32.2. The molecule has 0 radical (unpaired) electrons. The fourth-order valence-electron chi connectivity index (χ4n) is 0.230. The zero-order chi connectivity index (χ0) is 7.33. The van der Waals surface area contributed by atoms with Gasteiger partial charge in [0.1, 0.15) is 0 Å². The van der Waals surface area contributed by atoms with Crippen molar-refractivity contribution in [2.24, 2.45) is 5.14 Å². The van der Waals surface area contributed by atoms with Crippen molar-refractivity contribution >= 4 is 10.3 Å². The van der Waals surface area contributed by atoms with Gasteiger partial charge in [0, 0.05) is 0 Å². The Hall–Kier alpha value is -0.390. The van der Waals surface area contributed by atoms with E-state index >= 15 is 0 Å². The van der Waals surface area contributed by atoms with Crippen molar-refractivity contribution in [2.75, 3.05) is 6.61 Å². The van der Waals surface area contributed by atoms with Crippen LogP contribution in [0.3, 0.4) is 0 Å². The van der Waals surface area contributed by atoms with E-state index in [1.165, 1.54) is 0 Å². The monoisotopic (exact) mass is 151 g/mol. The third-order valence-corrected chi connectivity index (χ3v) is 1.03. The quantitative estimate of drug-likeness (QED) is 0.567. The Morgan fingerprint density at radius 1 is 1.67 bits per heavy atom. The predicted octanol–water partition coefficient (Wildman–Crippen LogP) is -0.217. The van der Waals surface area contributed by atoms with Crippen LogP contribution in [0.1, 0.15) is 6.92 Å². The SMILES string of the molecule is CC=CCOS(N)(=O)=O. The Labute approximate surface area is 54.6 Å². The summed E-state index contributed by atoms with van der Waals surface area (Å²) in [5.41, 5.74) is 0. The molecule has 2 N–H and O–H groups in total. The number of hydrogen-bond acceptors (Lipinski definition) is 3. The predicted molar refractivity (Wildman–Crippen MR) is 33.9 cm³/mol. The summed E-state index contributed by atoms with van der Waals surface area (Å²) < 4.78 is 24.2. The van der Waals surface area contributed by atoms with Crippen LogP contribution in [0.25, 0.3) is 0 Å². The van der Waals surface area contributed by atoms with Crippen LogP contribution in [0.15, 0.2) is 12.2 Å². The normalized spacial score (nSPS) is 12.7. The van der Waals surface area contributed by atoms with Gasteiger partial charge < -0.3 is 0 Å². The van der Waals surface area contributed by atoms with Gasteiger partial charge in [0.05, 0.1) is 6.61 Å². The average Bonchev–Trinajstić information content (AvgIpc) is 1.63. The molecule has 0 saturated heterocycles. The minimum Gasteiger partial charge on any atom is -0.254 e. The maximum atomic E-state index is 10.0. The third kappa shape index (κ3) is 7.61. The van der Waals surface area contributed by atoms with E-state index in [1.54, 1.807) is 19.1 Å². The third-order valence-electron chi connectivity index (χ3n) is 0.564. The van der Waals surface area contributed by atoms with Crippen LogP contribution in [-0.4, -0.2) is 15.0 Å². The lowest BCUT2D eigenvalue weighted by molar-refractivity contribution is 0.358. The van der Waals surface area contributed by atoms with Crippen molar-refractivity contribution in [3.8, 4) is 0 Å². The van der Waals surface area contributed by atoms with Gasteiger partial charge in [0.15, 0.2) is 0 Å². The molecule has 0 amide bonds. The van der Waals surface area contributed by atoms with Crippen molar-refractivity contribution in [1.82, 2.24) is 0 Å². The van der Waals surface area contributed by atoms with Crippen LogP contribution in [0, 0.1) is 0 Å². The first-order valence-corrected chi connectivity index (χ1v) is 3.81. The Balaban J connectivity index is 3.53. The summed E-state index contributed by atoms with van der Waals surface area (Å²) in [5, 5.41) is 4.49. The second-order valence-corrected chi connectivity index (χ2v) is 2.57. The van der Waals surface area contributed by atoms with E-state index in [9.17, 15) is 8.42 Å². The summed E-state index contributed by atoms with van der Waals surface area (Å²) in [5.74, 6) is 0. The van der Waals surface area contributed by atoms with Gasteiger partial charge in [-0.25, -0.2) is 5.14 Å². The van der Waals surface area contributed by atoms with Gasteiger partial charge in [-0.1, -0.05) is 12.2 Å². The standard InChI is InChI=1S/C4H9NO3S/c1-2-3-4-8-9(5,6)7/h2-3H,4H2,1H3,(H2,5,6,7). The Morgan fingerprint density at radius 2 is 2.22 bits per heavy atom. The fraction of sp³-hybridized carbons (Fsp3) is 0.500. The number of rotatable bonds is 3. The molecular weight excluding hydrogens is 142 g/mol. The van der Waals surface area contributed by atoms with Gasteiger partial charge in [-0.15, -0.1) is 0 Å². The maximum absolute atomic E-state index is 10.0. The topological polar surface area (TPSA) is 69.4 Å². The highest BCUT2D eigenvalue weighted by Crippen LogP contribution is 1.81. The number of hydrogen-bond donors (Lipinski definition) is 1. The second-order valence-electron chi connectivity index (χ2n) is 1.35. The van der Waals surface area contributed by atoms with Crippen LogP contribution in [0.4, 0.5) is 0 Å². The smallest absolute Gasteiger partial charge is 0.254 e. The van der Waals surface area contributed by atoms with Crippen molar-refractivity contribution in [1.29, 1.82) is 0 Å². The van der Waals surface area contributed by atoms with Crippen LogP contribution in [-0.2, 0) is 14.5 Å². The van der Waals surface area contributed by atoms with Crippen LogP contribution in [0.2, 0.25) is 0 Å². The van der Waals surface area contributed by atoms with Crippen LogP contribution < -0.4 is 5.14 Å². The molecule has 0 saturated carbocycles. The van der Waals surface area contributed by atoms with E-state index in [4.69, 9.17) is 0 Å². The van der Waals surface area contributed by atoms with Gasteiger partial charge in [-0.05, 0) is 6.92 Å². The van der Waals surface area contributed by atoms with Gasteiger partial charge in [-0.3, -0.25) is 4.18 Å². The largest absolute Gasteiger partial charge is 0.333 e. The molecule has 0 aliphatic rings. The lowest BCUT2D eigenvalue weighted by Gasteiger charge is -1.92. The molecule has 0 aromatic rings. The molecule has 0 unspecified atom stereocenters. The molecule has 5 heteroatoms. The van der Waals surface area contributed by atoms with Gasteiger partial charge >= 0.3 is 10.3 Å². The van der Waals surface area contributed by atoms with Crippen molar-refractivity contribution in [3.05, 3.63) is 12.2 Å². The fourth-order valence-corrected chi connectivity index (χ4v) is 0.499. The van der Waals surface area contributed by atoms with E-state index in [1.807, 2.05) is 0 Å². The summed E-state index contributed by atoms with van der Waals surface area (Å²) in [4.78, 5) is 0. The minimum atomic E-state index is -3.75. The Morgan fingerprint density at radius 3 is 2.56 bits per heavy atom. The first-order chi connectivity index (χ1) is 4.06. The molecule has 0 heterocycles. The van der Waals surface area contributed by atoms with E-state index in [0.717, 1.165) is 0 Å². The number of allylic oxidation sites excluding steroid dienone is 1. The average molecular weight is 151 g/mol. The molecule has 0 rings (SSSR count). The summed E-state index contributed by atoms with van der Waals surface area (Å²) >= 11 is 0. The lowest BCUT2D eigenvalue weighted by Crippen LogP contribution is -2.15. The molecular formula is C4H9NO3S. The number of nitrogens with two attached hydrogens (primary N) is 1. The van der Waals surface area contributed by atoms with E-state index < -0.39 is 10.3 Å². The molecule has 9 heavy (non-hydrogen) atoms. The molecule has 0 bridgehead atoms. The molecule has 0 spiro atoms. The van der Waals surface area contributed by atoms with Gasteiger partial charge in [-0.2, -0.15) is 8.42 Å². The molecule has 0 aromatic carbocycles. The van der Waals surface area contributed by atoms with Crippen molar-refractivity contribution in [3.63, 3.8) is 0 Å². The van der Waals surface area contributed by atoms with Crippen LogP contribution >= 0.6 is 0 Å². The molecule has 54 valence electrons. The first-order valence-electron chi connectivity index (χ1n) is 2.34. The summed E-state index contributed by atoms with van der Waals surface area (Å²) in [7, 11) is -3.75. The first kappa shape index (κ1) is 8.61. The second kappa shape index (κ2) is 3.60. The van der Waals surface area contributed by atoms with Crippen LogP contribution in [0.5, 0.6) is 0 Å². The summed E-state index contributed by atoms with van der Waals surface area (Å²) in [6.45, 7) is 1.77. The molecule has 0 aliphatic carbocycles. The molecule has 0 atom stereocenters. The van der Waals surface area contributed by atoms with Crippen molar-refractivity contribution in [2.45, 2.75) is 6.92 Å². The van der Waals surface area contributed by atoms with E-state index in [-0.39, 0.29) is 6.61 Å². The zero-order valence-corrected chi connectivity index (χ0v) is 5.89. The molecule has 0 aromatic heterocycles. The molecule has 0 aliphatic heterocycles. The lowest BCUT2D eigenvalue weighted by atomic mass is 10.6. The van der Waals surface area contributed by atoms with E-state index in [2.05, 4.69) is 9.32 Å². The highest BCUT2D eigenvalue weighted by molar-refractivity contribution is 7.84. The Kier molecular flexibility index (Phi) is 3.44. The zero-order valence-electron chi connectivity index (χ0n) is 5.07.